The summed E-state index contributed by atoms with van der Waals surface area (Å²) in [5, 5.41) is 0. The summed E-state index contributed by atoms with van der Waals surface area (Å²) < 4.78 is 11.3. The van der Waals surface area contributed by atoms with E-state index in [1.165, 1.54) is 0 Å². The standard InChI is InChI=1S/C9H20OS/c1-8(2)6-9(3)7-11(4,5)10/h8-9H,4,6-7H2,1-3,5H3/t9-,11?/m0/s1. The third kappa shape index (κ3) is 7.92. The molecule has 0 saturated carbocycles. The molecule has 0 aromatic rings. The van der Waals surface area contributed by atoms with Crippen LogP contribution < -0.4 is 0 Å². The summed E-state index contributed by atoms with van der Waals surface area (Å²) in [7, 11) is -1.77. The van der Waals surface area contributed by atoms with Gasteiger partial charge in [0, 0.05) is 12.0 Å². The van der Waals surface area contributed by atoms with Crippen molar-refractivity contribution in [3.63, 3.8) is 0 Å². The van der Waals surface area contributed by atoms with Crippen LogP contribution in [0.3, 0.4) is 0 Å². The van der Waals surface area contributed by atoms with E-state index in [0.717, 1.165) is 12.2 Å². The summed E-state index contributed by atoms with van der Waals surface area (Å²) in [6.45, 7) is 6.53. The van der Waals surface area contributed by atoms with Crippen molar-refractivity contribution in [3.8, 4) is 0 Å². The second-order valence-electron chi connectivity index (χ2n) is 4.09. The maximum atomic E-state index is 11.3. The highest BCUT2D eigenvalue weighted by atomic mass is 32.2. The Morgan fingerprint density at radius 3 is 2.09 bits per heavy atom. The van der Waals surface area contributed by atoms with E-state index in [-0.39, 0.29) is 0 Å². The van der Waals surface area contributed by atoms with Crippen molar-refractivity contribution < 1.29 is 4.21 Å². The molecular formula is C9H20OS. The van der Waals surface area contributed by atoms with E-state index in [9.17, 15) is 4.21 Å². The number of hydrogen-bond donors (Lipinski definition) is 0. The minimum atomic E-state index is -1.77. The van der Waals surface area contributed by atoms with Gasteiger partial charge in [0.05, 0.1) is 0 Å². The van der Waals surface area contributed by atoms with Crippen LogP contribution in [-0.4, -0.2) is 22.1 Å². The van der Waals surface area contributed by atoms with Crippen molar-refractivity contribution >= 4 is 15.4 Å². The Balaban J connectivity index is 3.80. The highest BCUT2D eigenvalue weighted by molar-refractivity contribution is 7.99. The van der Waals surface area contributed by atoms with Crippen LogP contribution in [0.4, 0.5) is 0 Å². The normalized spacial score (nSPS) is 19.7. The maximum absolute atomic E-state index is 11.3. The molecule has 1 nitrogen and oxygen atoms in total. The fraction of sp³-hybridized carbons (Fsp3) is 0.889. The first-order chi connectivity index (χ1) is 4.81. The Labute approximate surface area is 71.2 Å². The van der Waals surface area contributed by atoms with E-state index in [4.69, 9.17) is 0 Å². The minimum absolute atomic E-state index is 0.546. The van der Waals surface area contributed by atoms with Gasteiger partial charge in [-0.25, -0.2) is 0 Å². The molecule has 0 heterocycles. The molecule has 0 aliphatic carbocycles. The van der Waals surface area contributed by atoms with Crippen molar-refractivity contribution in [1.82, 2.24) is 0 Å². The summed E-state index contributed by atoms with van der Waals surface area (Å²) in [4.78, 5) is 0. The fourth-order valence-electron chi connectivity index (χ4n) is 1.47. The molecule has 0 rings (SSSR count). The molecule has 0 saturated heterocycles. The highest BCUT2D eigenvalue weighted by Gasteiger charge is 2.07. The van der Waals surface area contributed by atoms with Crippen LogP contribution in [0.15, 0.2) is 0 Å². The van der Waals surface area contributed by atoms with Crippen molar-refractivity contribution in [2.24, 2.45) is 11.8 Å². The van der Waals surface area contributed by atoms with Crippen molar-refractivity contribution in [2.75, 3.05) is 12.0 Å². The van der Waals surface area contributed by atoms with E-state index >= 15 is 0 Å². The Kier molecular flexibility index (Phi) is 4.16. The fourth-order valence-corrected chi connectivity index (χ4v) is 2.81. The SMILES string of the molecule is C=S(C)(=O)C[C@@H](C)CC(C)C. The van der Waals surface area contributed by atoms with Crippen LogP contribution in [-0.2, 0) is 9.52 Å². The second kappa shape index (κ2) is 4.15. The zero-order valence-electron chi connectivity index (χ0n) is 8.09. The second-order valence-corrected chi connectivity index (χ2v) is 6.79. The van der Waals surface area contributed by atoms with Crippen LogP contribution in [0.2, 0.25) is 0 Å². The Hall–Kier alpha value is 0.0200. The summed E-state index contributed by atoms with van der Waals surface area (Å²) in [5.74, 6) is 5.66. The average molecular weight is 176 g/mol. The van der Waals surface area contributed by atoms with Gasteiger partial charge in [0.15, 0.2) is 0 Å². The Bertz CT molecular complexity index is 190. The largest absolute Gasteiger partial charge is 0.268 e. The lowest BCUT2D eigenvalue weighted by Gasteiger charge is -2.14. The molecule has 0 aliphatic heterocycles. The van der Waals surface area contributed by atoms with E-state index in [2.05, 4.69) is 26.6 Å². The molecule has 0 amide bonds. The van der Waals surface area contributed by atoms with E-state index in [0.29, 0.717) is 11.8 Å². The van der Waals surface area contributed by atoms with Crippen LogP contribution in [0, 0.1) is 11.8 Å². The van der Waals surface area contributed by atoms with Gasteiger partial charge in [-0.15, -0.1) is 0 Å². The molecule has 0 aromatic carbocycles. The summed E-state index contributed by atoms with van der Waals surface area (Å²) in [6.07, 6.45) is 2.89. The number of rotatable bonds is 4. The zero-order valence-corrected chi connectivity index (χ0v) is 8.91. The molecule has 68 valence electrons. The van der Waals surface area contributed by atoms with Gasteiger partial charge >= 0.3 is 0 Å². The Morgan fingerprint density at radius 2 is 1.82 bits per heavy atom. The topological polar surface area (TPSA) is 17.1 Å². The highest BCUT2D eigenvalue weighted by Crippen LogP contribution is 2.12. The predicted octanol–water partition coefficient (Wildman–Crippen LogP) is 2.01. The molecule has 2 atom stereocenters. The first-order valence-corrected chi connectivity index (χ1v) is 6.41. The van der Waals surface area contributed by atoms with Gasteiger partial charge < -0.3 is 0 Å². The third-order valence-corrected chi connectivity index (χ3v) is 2.79. The monoisotopic (exact) mass is 176 g/mol. The smallest absolute Gasteiger partial charge is 0.0182 e. The minimum Gasteiger partial charge on any atom is -0.268 e. The Morgan fingerprint density at radius 1 is 1.36 bits per heavy atom. The average Bonchev–Trinajstić information content (AvgIpc) is 1.53. The van der Waals surface area contributed by atoms with Crippen LogP contribution in [0.25, 0.3) is 0 Å². The molecule has 0 aromatic heterocycles. The molecule has 0 radical (unpaired) electrons. The summed E-state index contributed by atoms with van der Waals surface area (Å²) in [6, 6.07) is 0. The van der Waals surface area contributed by atoms with Gasteiger partial charge in [0.1, 0.15) is 0 Å². The quantitative estimate of drug-likeness (QED) is 0.599. The van der Waals surface area contributed by atoms with Gasteiger partial charge in [-0.2, -0.15) is 0 Å². The molecular weight excluding hydrogens is 156 g/mol. The maximum Gasteiger partial charge on any atom is 0.0182 e. The lowest BCUT2D eigenvalue weighted by Crippen LogP contribution is -2.13. The van der Waals surface area contributed by atoms with Gasteiger partial charge in [-0.3, -0.25) is 4.21 Å². The van der Waals surface area contributed by atoms with Gasteiger partial charge in [-0.1, -0.05) is 20.8 Å². The van der Waals surface area contributed by atoms with E-state index < -0.39 is 9.52 Å². The van der Waals surface area contributed by atoms with Crippen LogP contribution in [0.5, 0.6) is 0 Å². The molecule has 0 N–H and O–H groups in total. The molecule has 0 spiro atoms. The molecule has 0 aliphatic rings. The lowest BCUT2D eigenvalue weighted by atomic mass is 10.0. The van der Waals surface area contributed by atoms with Gasteiger partial charge in [0.2, 0.25) is 0 Å². The van der Waals surface area contributed by atoms with E-state index in [1.54, 1.807) is 6.26 Å². The van der Waals surface area contributed by atoms with Crippen LogP contribution >= 0.6 is 0 Å². The summed E-state index contributed by atoms with van der Waals surface area (Å²) >= 11 is 0. The van der Waals surface area contributed by atoms with Gasteiger partial charge in [0.25, 0.3) is 0 Å². The van der Waals surface area contributed by atoms with Crippen molar-refractivity contribution in [1.29, 1.82) is 0 Å². The zero-order chi connectivity index (χ0) is 9.07. The van der Waals surface area contributed by atoms with Gasteiger partial charge in [-0.05, 0) is 33.6 Å². The third-order valence-electron chi connectivity index (χ3n) is 1.51. The lowest BCUT2D eigenvalue weighted by molar-refractivity contribution is 0.471. The molecule has 0 fully saturated rings. The van der Waals surface area contributed by atoms with Crippen LogP contribution in [0.1, 0.15) is 27.2 Å². The first-order valence-electron chi connectivity index (χ1n) is 4.11. The number of hydrogen-bond acceptors (Lipinski definition) is 1. The first kappa shape index (κ1) is 11.0. The predicted molar refractivity (Wildman–Crippen MR) is 54.7 cm³/mol. The summed E-state index contributed by atoms with van der Waals surface area (Å²) in [5.41, 5.74) is 0. The molecule has 2 heteroatoms. The van der Waals surface area contributed by atoms with E-state index in [1.807, 2.05) is 0 Å². The van der Waals surface area contributed by atoms with Crippen molar-refractivity contribution in [3.05, 3.63) is 0 Å². The molecule has 1 unspecified atom stereocenters. The molecule has 11 heavy (non-hydrogen) atoms. The van der Waals surface area contributed by atoms with Crippen molar-refractivity contribution in [2.45, 2.75) is 27.2 Å². The molecule has 0 bridgehead atoms.